The molecule has 0 radical (unpaired) electrons. The summed E-state index contributed by atoms with van der Waals surface area (Å²) in [5.74, 6) is -1.75. The van der Waals surface area contributed by atoms with Crippen LogP contribution in [0.15, 0.2) is 65.7 Å². The van der Waals surface area contributed by atoms with Crippen molar-refractivity contribution < 1.29 is 22.4 Å². The first kappa shape index (κ1) is 27.4. The van der Waals surface area contributed by atoms with Crippen LogP contribution in [0.2, 0.25) is 10.0 Å². The summed E-state index contributed by atoms with van der Waals surface area (Å²) in [6.45, 7) is 0.258. The minimum absolute atomic E-state index is 0.0292. The van der Waals surface area contributed by atoms with E-state index in [9.17, 15) is 22.4 Å². The molecule has 0 aliphatic heterocycles. The molecule has 0 aliphatic rings. The third kappa shape index (κ3) is 5.77. The molecule has 0 bridgehead atoms. The molecule has 1 aromatic heterocycles. The molecule has 0 aliphatic carbocycles. The number of sulfonamides is 1. The van der Waals surface area contributed by atoms with Gasteiger partial charge in [-0.25, -0.2) is 12.8 Å². The summed E-state index contributed by atoms with van der Waals surface area (Å²) in [5.41, 5.74) is 1.91. The third-order valence-electron chi connectivity index (χ3n) is 5.77. The van der Waals surface area contributed by atoms with Crippen molar-refractivity contribution in [1.29, 1.82) is 0 Å². The molecule has 0 fully saturated rings. The maximum Gasteiger partial charge on any atom is 0.264 e. The number of amides is 2. The average molecular weight is 577 g/mol. The van der Waals surface area contributed by atoms with Crippen LogP contribution in [0.4, 0.5) is 10.1 Å². The number of aromatic nitrogens is 1. The Morgan fingerprint density at radius 1 is 0.974 bits per heavy atom. The number of hydrogen-bond donors (Lipinski definition) is 3. The lowest BCUT2D eigenvalue weighted by Gasteiger charge is -2.12. The number of halogens is 3. The maximum atomic E-state index is 14.9. The first-order valence-corrected chi connectivity index (χ1v) is 13.6. The number of nitrogens with one attached hydrogen (secondary N) is 3. The highest BCUT2D eigenvalue weighted by atomic mass is 35.5. The summed E-state index contributed by atoms with van der Waals surface area (Å²) in [6.07, 6.45) is 1.95. The summed E-state index contributed by atoms with van der Waals surface area (Å²) < 4.78 is 43.0. The quantitative estimate of drug-likeness (QED) is 0.271. The van der Waals surface area contributed by atoms with Crippen molar-refractivity contribution in [1.82, 2.24) is 15.2 Å². The Morgan fingerprint density at radius 2 is 1.66 bits per heavy atom. The van der Waals surface area contributed by atoms with Crippen molar-refractivity contribution in [3.63, 3.8) is 0 Å². The van der Waals surface area contributed by atoms with Gasteiger partial charge in [0, 0.05) is 43.4 Å². The number of anilines is 1. The summed E-state index contributed by atoms with van der Waals surface area (Å²) in [5, 5.41) is 3.75. The second-order valence-electron chi connectivity index (χ2n) is 8.63. The van der Waals surface area contributed by atoms with Gasteiger partial charge in [-0.3, -0.25) is 14.3 Å². The summed E-state index contributed by atoms with van der Waals surface area (Å²) in [7, 11) is -0.999. The van der Waals surface area contributed by atoms with Gasteiger partial charge in [-0.2, -0.15) is 0 Å². The fraction of sp³-hybridized carbons (Fsp3) is 0.154. The van der Waals surface area contributed by atoms with E-state index >= 15 is 0 Å². The Morgan fingerprint density at radius 3 is 2.32 bits per heavy atom. The van der Waals surface area contributed by atoms with Gasteiger partial charge < -0.3 is 15.2 Å². The second-order valence-corrected chi connectivity index (χ2v) is 11.1. The first-order valence-electron chi connectivity index (χ1n) is 11.3. The molecule has 4 aromatic rings. The number of aromatic amines is 1. The zero-order valence-electron chi connectivity index (χ0n) is 20.3. The van der Waals surface area contributed by atoms with Gasteiger partial charge in [0.15, 0.2) is 0 Å². The molecule has 4 rings (SSSR count). The van der Waals surface area contributed by atoms with Crippen molar-refractivity contribution in [3.05, 3.63) is 93.3 Å². The van der Waals surface area contributed by atoms with Crippen molar-refractivity contribution >= 4 is 61.6 Å². The van der Waals surface area contributed by atoms with Gasteiger partial charge in [-0.05, 0) is 54.4 Å². The van der Waals surface area contributed by atoms with Gasteiger partial charge >= 0.3 is 0 Å². The van der Waals surface area contributed by atoms with Crippen molar-refractivity contribution in [2.45, 2.75) is 11.3 Å². The fourth-order valence-corrected chi connectivity index (χ4v) is 5.50. The van der Waals surface area contributed by atoms with Crippen LogP contribution in [0.1, 0.15) is 26.3 Å². The van der Waals surface area contributed by atoms with E-state index in [4.69, 9.17) is 23.2 Å². The highest BCUT2D eigenvalue weighted by Gasteiger charge is 2.23. The molecular weight excluding hydrogens is 554 g/mol. The van der Waals surface area contributed by atoms with Gasteiger partial charge in [0.1, 0.15) is 10.7 Å². The smallest absolute Gasteiger partial charge is 0.264 e. The van der Waals surface area contributed by atoms with Crippen molar-refractivity contribution in [3.8, 4) is 0 Å². The zero-order valence-corrected chi connectivity index (χ0v) is 22.6. The third-order valence-corrected chi connectivity index (χ3v) is 7.78. The minimum Gasteiger partial charge on any atom is -0.358 e. The molecule has 198 valence electrons. The number of fused-ring (bicyclic) bond motifs is 1. The molecule has 0 unspecified atom stereocenters. The monoisotopic (exact) mass is 576 g/mol. The SMILES string of the molecule is CN(C)C(=O)c1ccc(CCNC(=O)c2ccc(S(=O)(=O)Nc3ccc(Cl)c4c(Cl)c[nH]c34)c(F)c2)cc1. The molecule has 0 saturated heterocycles. The lowest BCUT2D eigenvalue weighted by atomic mass is 10.1. The average Bonchev–Trinajstić information content (AvgIpc) is 3.28. The maximum absolute atomic E-state index is 14.9. The standard InChI is InChI=1S/C26H23Cl2FN4O4S/c1-33(2)26(35)16-5-3-15(4-6-16)11-12-30-25(34)17-7-10-22(20(29)13-17)38(36,37)32-21-9-8-18(27)23-19(28)14-31-24(21)23/h3-10,13-14,31-32H,11-12H2,1-2H3,(H,30,34). The molecule has 12 heteroatoms. The highest BCUT2D eigenvalue weighted by Crippen LogP contribution is 2.35. The van der Waals surface area contributed by atoms with Crippen molar-refractivity contribution in [2.24, 2.45) is 0 Å². The van der Waals surface area contributed by atoms with Crippen LogP contribution < -0.4 is 10.0 Å². The van der Waals surface area contributed by atoms with Gasteiger partial charge in [0.2, 0.25) is 0 Å². The molecule has 8 nitrogen and oxygen atoms in total. The Labute approximate surface area is 228 Å². The topological polar surface area (TPSA) is 111 Å². The summed E-state index contributed by atoms with van der Waals surface area (Å²) >= 11 is 12.2. The van der Waals surface area contributed by atoms with Gasteiger partial charge in [0.25, 0.3) is 21.8 Å². The molecule has 3 N–H and O–H groups in total. The number of rotatable bonds is 8. The minimum atomic E-state index is -4.34. The first-order chi connectivity index (χ1) is 18.0. The lowest BCUT2D eigenvalue weighted by Crippen LogP contribution is -2.26. The van der Waals surface area contributed by atoms with E-state index in [-0.39, 0.29) is 23.7 Å². The number of benzene rings is 3. The van der Waals surface area contributed by atoms with E-state index in [2.05, 4.69) is 15.0 Å². The fourth-order valence-electron chi connectivity index (χ4n) is 3.81. The van der Waals surface area contributed by atoms with Crippen LogP contribution in [-0.4, -0.2) is 50.8 Å². The molecule has 0 spiro atoms. The predicted octanol–water partition coefficient (Wildman–Crippen LogP) is 5.09. The van der Waals surface area contributed by atoms with Crippen LogP contribution in [0.25, 0.3) is 10.9 Å². The zero-order chi connectivity index (χ0) is 27.6. The van der Waals surface area contributed by atoms with Crippen LogP contribution in [0, 0.1) is 5.82 Å². The number of H-pyrrole nitrogens is 1. The van der Waals surface area contributed by atoms with E-state index in [0.29, 0.717) is 32.9 Å². The highest BCUT2D eigenvalue weighted by molar-refractivity contribution is 7.92. The van der Waals surface area contributed by atoms with Crippen LogP contribution in [0.5, 0.6) is 0 Å². The molecular formula is C26H23Cl2FN4O4S. The normalized spacial score (nSPS) is 11.4. The summed E-state index contributed by atoms with van der Waals surface area (Å²) in [4.78, 5) is 28.2. The van der Waals surface area contributed by atoms with E-state index in [1.807, 2.05) is 0 Å². The number of carbonyl (C=O) groups excluding carboxylic acids is 2. The van der Waals surface area contributed by atoms with Crippen LogP contribution >= 0.6 is 23.2 Å². The molecule has 1 heterocycles. The van der Waals surface area contributed by atoms with Gasteiger partial charge in [0.05, 0.1) is 21.2 Å². The van der Waals surface area contributed by atoms with E-state index < -0.39 is 26.6 Å². The summed E-state index contributed by atoms with van der Waals surface area (Å²) in [6, 6.07) is 13.1. The molecule has 38 heavy (non-hydrogen) atoms. The van der Waals surface area contributed by atoms with Crippen LogP contribution in [-0.2, 0) is 16.4 Å². The number of nitrogens with zero attached hydrogens (tertiary/aromatic N) is 1. The Bertz CT molecular complexity index is 1640. The number of hydrogen-bond acceptors (Lipinski definition) is 4. The Hall–Kier alpha value is -3.60. The molecule has 0 atom stereocenters. The van der Waals surface area contributed by atoms with E-state index in [1.165, 1.54) is 29.3 Å². The van der Waals surface area contributed by atoms with Gasteiger partial charge in [-0.1, -0.05) is 35.3 Å². The predicted molar refractivity (Wildman–Crippen MR) is 146 cm³/mol. The second kappa shape index (κ2) is 11.0. The Kier molecular flexibility index (Phi) is 7.96. The largest absolute Gasteiger partial charge is 0.358 e. The Balaban J connectivity index is 1.42. The van der Waals surface area contributed by atoms with E-state index in [1.54, 1.807) is 38.4 Å². The van der Waals surface area contributed by atoms with Crippen molar-refractivity contribution in [2.75, 3.05) is 25.4 Å². The lowest BCUT2D eigenvalue weighted by molar-refractivity contribution is 0.0827. The number of carbonyl (C=O) groups is 2. The van der Waals surface area contributed by atoms with E-state index in [0.717, 1.165) is 17.7 Å². The van der Waals surface area contributed by atoms with Gasteiger partial charge in [-0.15, -0.1) is 0 Å². The molecule has 0 saturated carbocycles. The molecule has 3 aromatic carbocycles. The van der Waals surface area contributed by atoms with Crippen LogP contribution in [0.3, 0.4) is 0 Å². The molecule has 2 amide bonds.